The summed E-state index contributed by atoms with van der Waals surface area (Å²) >= 11 is 1.47. The highest BCUT2D eigenvalue weighted by Gasteiger charge is 2.08. The molecular weight excluding hydrogens is 246 g/mol. The van der Waals surface area contributed by atoms with Crippen molar-refractivity contribution in [2.45, 2.75) is 20.0 Å². The standard InChI is InChI=1S/C13H15N3OS/c1-9-16-12(8-18-9)13(17)15-7-11-4-2-10(6-14)3-5-11/h2-5,8H,6-7,14H2,1H3,(H,15,17). The average molecular weight is 261 g/mol. The molecule has 0 aliphatic carbocycles. The Labute approximate surface area is 110 Å². The van der Waals surface area contributed by atoms with Gasteiger partial charge in [-0.1, -0.05) is 24.3 Å². The molecule has 94 valence electrons. The lowest BCUT2D eigenvalue weighted by atomic mass is 10.1. The van der Waals surface area contributed by atoms with Crippen LogP contribution in [-0.4, -0.2) is 10.9 Å². The van der Waals surface area contributed by atoms with Gasteiger partial charge in [-0.05, 0) is 18.1 Å². The highest BCUT2D eigenvalue weighted by Crippen LogP contribution is 2.08. The van der Waals surface area contributed by atoms with Crippen molar-refractivity contribution in [1.82, 2.24) is 10.3 Å². The van der Waals surface area contributed by atoms with Gasteiger partial charge in [-0.25, -0.2) is 4.98 Å². The largest absolute Gasteiger partial charge is 0.347 e. The maximum Gasteiger partial charge on any atom is 0.271 e. The Morgan fingerprint density at radius 2 is 2.00 bits per heavy atom. The molecule has 3 N–H and O–H groups in total. The van der Waals surface area contributed by atoms with Crippen LogP contribution < -0.4 is 11.1 Å². The van der Waals surface area contributed by atoms with Crippen LogP contribution in [-0.2, 0) is 13.1 Å². The van der Waals surface area contributed by atoms with Crippen LogP contribution in [0.5, 0.6) is 0 Å². The van der Waals surface area contributed by atoms with E-state index >= 15 is 0 Å². The molecule has 1 heterocycles. The van der Waals surface area contributed by atoms with Crippen LogP contribution in [0.1, 0.15) is 26.6 Å². The predicted octanol–water partition coefficient (Wildman–Crippen LogP) is 1.84. The van der Waals surface area contributed by atoms with Gasteiger partial charge >= 0.3 is 0 Å². The van der Waals surface area contributed by atoms with Gasteiger partial charge in [0.25, 0.3) is 5.91 Å². The number of carbonyl (C=O) groups is 1. The predicted molar refractivity (Wildman–Crippen MR) is 72.4 cm³/mol. The zero-order chi connectivity index (χ0) is 13.0. The Morgan fingerprint density at radius 1 is 1.33 bits per heavy atom. The lowest BCUT2D eigenvalue weighted by molar-refractivity contribution is 0.0946. The first kappa shape index (κ1) is 12.7. The molecule has 2 rings (SSSR count). The number of aromatic nitrogens is 1. The van der Waals surface area contributed by atoms with E-state index in [4.69, 9.17) is 5.73 Å². The zero-order valence-electron chi connectivity index (χ0n) is 10.1. The topological polar surface area (TPSA) is 68.0 Å². The van der Waals surface area contributed by atoms with Gasteiger partial charge in [-0.15, -0.1) is 11.3 Å². The SMILES string of the molecule is Cc1nc(C(=O)NCc2ccc(CN)cc2)cs1. The van der Waals surface area contributed by atoms with Crippen molar-refractivity contribution in [3.05, 3.63) is 51.5 Å². The number of nitrogens with zero attached hydrogens (tertiary/aromatic N) is 1. The third-order valence-corrected chi connectivity index (χ3v) is 3.34. The molecule has 0 saturated heterocycles. The molecule has 5 heteroatoms. The molecule has 0 radical (unpaired) electrons. The first-order valence-electron chi connectivity index (χ1n) is 5.67. The summed E-state index contributed by atoms with van der Waals surface area (Å²) in [6, 6.07) is 7.87. The number of benzene rings is 1. The molecular formula is C13H15N3OS. The summed E-state index contributed by atoms with van der Waals surface area (Å²) in [5.74, 6) is -0.137. The van der Waals surface area contributed by atoms with Crippen LogP contribution in [0.15, 0.2) is 29.6 Å². The number of thiazole rings is 1. The smallest absolute Gasteiger partial charge is 0.271 e. The molecule has 0 fully saturated rings. The van der Waals surface area contributed by atoms with Gasteiger partial charge in [0.1, 0.15) is 5.69 Å². The van der Waals surface area contributed by atoms with Crippen LogP contribution in [0.3, 0.4) is 0 Å². The summed E-state index contributed by atoms with van der Waals surface area (Å²) in [5, 5.41) is 5.50. The molecule has 0 aliphatic rings. The third kappa shape index (κ3) is 3.15. The molecule has 2 aromatic rings. The van der Waals surface area contributed by atoms with Crippen LogP contribution >= 0.6 is 11.3 Å². The van der Waals surface area contributed by atoms with Crippen molar-refractivity contribution in [3.63, 3.8) is 0 Å². The second-order valence-corrected chi connectivity index (χ2v) is 5.02. The van der Waals surface area contributed by atoms with Crippen molar-refractivity contribution in [2.75, 3.05) is 0 Å². The lowest BCUT2D eigenvalue weighted by Crippen LogP contribution is -2.23. The van der Waals surface area contributed by atoms with Gasteiger partial charge in [0, 0.05) is 18.5 Å². The summed E-state index contributed by atoms with van der Waals surface area (Å²) in [4.78, 5) is 15.9. The van der Waals surface area contributed by atoms with Gasteiger partial charge in [0.15, 0.2) is 0 Å². The van der Waals surface area contributed by atoms with Gasteiger partial charge < -0.3 is 11.1 Å². The highest BCUT2D eigenvalue weighted by atomic mass is 32.1. The lowest BCUT2D eigenvalue weighted by Gasteiger charge is -2.04. The van der Waals surface area contributed by atoms with E-state index in [0.29, 0.717) is 18.8 Å². The molecule has 0 bridgehead atoms. The first-order valence-corrected chi connectivity index (χ1v) is 6.55. The summed E-state index contributed by atoms with van der Waals surface area (Å²) in [5.41, 5.74) is 8.14. The molecule has 1 aromatic heterocycles. The molecule has 0 aliphatic heterocycles. The van der Waals surface area contributed by atoms with Crippen molar-refractivity contribution in [3.8, 4) is 0 Å². The van der Waals surface area contributed by atoms with Crippen LogP contribution in [0.25, 0.3) is 0 Å². The first-order chi connectivity index (χ1) is 8.69. The number of nitrogens with two attached hydrogens (primary N) is 1. The van der Waals surface area contributed by atoms with Crippen LogP contribution in [0, 0.1) is 6.92 Å². The second kappa shape index (κ2) is 5.75. The second-order valence-electron chi connectivity index (χ2n) is 3.96. The van der Waals surface area contributed by atoms with Gasteiger partial charge in [0.2, 0.25) is 0 Å². The number of aryl methyl sites for hydroxylation is 1. The summed E-state index contributed by atoms with van der Waals surface area (Å²) in [7, 11) is 0. The summed E-state index contributed by atoms with van der Waals surface area (Å²) in [6.07, 6.45) is 0. The fourth-order valence-corrected chi connectivity index (χ4v) is 2.13. The minimum Gasteiger partial charge on any atom is -0.347 e. The summed E-state index contributed by atoms with van der Waals surface area (Å²) in [6.45, 7) is 2.91. The van der Waals surface area contributed by atoms with Crippen molar-refractivity contribution < 1.29 is 4.79 Å². The quantitative estimate of drug-likeness (QED) is 0.882. The maximum absolute atomic E-state index is 11.8. The molecule has 1 aromatic carbocycles. The molecule has 18 heavy (non-hydrogen) atoms. The zero-order valence-corrected chi connectivity index (χ0v) is 11.0. The van der Waals surface area contributed by atoms with Crippen LogP contribution in [0.4, 0.5) is 0 Å². The van der Waals surface area contributed by atoms with E-state index in [2.05, 4.69) is 10.3 Å². The monoisotopic (exact) mass is 261 g/mol. The third-order valence-electron chi connectivity index (χ3n) is 2.56. The van der Waals surface area contributed by atoms with E-state index < -0.39 is 0 Å². The number of nitrogens with one attached hydrogen (secondary N) is 1. The molecule has 1 amide bonds. The molecule has 0 unspecified atom stereocenters. The highest BCUT2D eigenvalue weighted by molar-refractivity contribution is 7.09. The Hall–Kier alpha value is -1.72. The van der Waals surface area contributed by atoms with E-state index in [0.717, 1.165) is 16.1 Å². The van der Waals surface area contributed by atoms with E-state index in [1.165, 1.54) is 11.3 Å². The van der Waals surface area contributed by atoms with Crippen molar-refractivity contribution in [1.29, 1.82) is 0 Å². The molecule has 0 atom stereocenters. The number of hydrogen-bond acceptors (Lipinski definition) is 4. The minimum atomic E-state index is -0.137. The van der Waals surface area contributed by atoms with E-state index in [9.17, 15) is 4.79 Å². The van der Waals surface area contributed by atoms with E-state index in [1.807, 2.05) is 31.2 Å². The van der Waals surface area contributed by atoms with Crippen molar-refractivity contribution in [2.24, 2.45) is 5.73 Å². The molecule has 0 saturated carbocycles. The fraction of sp³-hybridized carbons (Fsp3) is 0.231. The summed E-state index contributed by atoms with van der Waals surface area (Å²) < 4.78 is 0. The minimum absolute atomic E-state index is 0.137. The molecule has 0 spiro atoms. The Balaban J connectivity index is 1.92. The number of amides is 1. The normalized spacial score (nSPS) is 10.3. The maximum atomic E-state index is 11.8. The Bertz CT molecular complexity index is 533. The molecule has 4 nitrogen and oxygen atoms in total. The van der Waals surface area contributed by atoms with E-state index in [-0.39, 0.29) is 5.91 Å². The average Bonchev–Trinajstić information content (AvgIpc) is 2.83. The van der Waals surface area contributed by atoms with Crippen LogP contribution in [0.2, 0.25) is 0 Å². The van der Waals surface area contributed by atoms with E-state index in [1.54, 1.807) is 5.38 Å². The fourth-order valence-electron chi connectivity index (χ4n) is 1.53. The number of carbonyl (C=O) groups excluding carboxylic acids is 1. The number of hydrogen-bond donors (Lipinski definition) is 2. The Kier molecular flexibility index (Phi) is 4.07. The van der Waals surface area contributed by atoms with Gasteiger partial charge in [0.05, 0.1) is 5.01 Å². The van der Waals surface area contributed by atoms with Gasteiger partial charge in [-0.3, -0.25) is 4.79 Å². The number of rotatable bonds is 4. The Morgan fingerprint density at radius 3 is 2.56 bits per heavy atom. The van der Waals surface area contributed by atoms with Gasteiger partial charge in [-0.2, -0.15) is 0 Å². The van der Waals surface area contributed by atoms with Crippen molar-refractivity contribution >= 4 is 17.2 Å².